The molecule has 0 aliphatic rings. The predicted molar refractivity (Wildman–Crippen MR) is 117 cm³/mol. The van der Waals surface area contributed by atoms with Crippen LogP contribution < -0.4 is 0 Å². The van der Waals surface area contributed by atoms with Gasteiger partial charge in [0.05, 0.1) is 6.33 Å². The van der Waals surface area contributed by atoms with Gasteiger partial charge in [0.2, 0.25) is 0 Å². The molecule has 0 aliphatic heterocycles. The second-order valence-electron chi connectivity index (χ2n) is 7.31. The molecule has 3 aromatic rings. The number of thioether (sulfide) groups is 1. The average Bonchev–Trinajstić information content (AvgIpc) is 3.17. The second-order valence-corrected chi connectivity index (χ2v) is 8.48. The zero-order valence-electron chi connectivity index (χ0n) is 16.4. The minimum Gasteiger partial charge on any atom is -0.333 e. The Kier molecular flexibility index (Phi) is 6.94. The van der Waals surface area contributed by atoms with Crippen molar-refractivity contribution in [1.29, 1.82) is 0 Å². The van der Waals surface area contributed by atoms with Gasteiger partial charge < -0.3 is 4.57 Å². The van der Waals surface area contributed by atoms with E-state index in [9.17, 15) is 0 Å². The third-order valence-electron chi connectivity index (χ3n) is 4.58. The maximum atomic E-state index is 4.17. The lowest BCUT2D eigenvalue weighted by Crippen LogP contribution is -2.00. The third-order valence-corrected chi connectivity index (χ3v) is 5.62. The van der Waals surface area contributed by atoms with Crippen molar-refractivity contribution in [3.8, 4) is 0 Å². The first-order valence-corrected chi connectivity index (χ1v) is 10.6. The lowest BCUT2D eigenvalue weighted by Gasteiger charge is -2.15. The highest BCUT2D eigenvalue weighted by Crippen LogP contribution is 2.30. The fourth-order valence-corrected chi connectivity index (χ4v) is 4.28. The molecule has 0 radical (unpaired) electrons. The van der Waals surface area contributed by atoms with Crippen LogP contribution in [0.4, 0.5) is 0 Å². The van der Waals surface area contributed by atoms with E-state index in [0.29, 0.717) is 0 Å². The summed E-state index contributed by atoms with van der Waals surface area (Å²) in [7, 11) is 0. The summed E-state index contributed by atoms with van der Waals surface area (Å²) in [6, 6.07) is 19.7. The third kappa shape index (κ3) is 5.61. The van der Waals surface area contributed by atoms with Crippen molar-refractivity contribution in [2.75, 3.05) is 5.75 Å². The Morgan fingerprint density at radius 2 is 1.70 bits per heavy atom. The van der Waals surface area contributed by atoms with E-state index in [-0.39, 0.29) is 0 Å². The summed E-state index contributed by atoms with van der Waals surface area (Å²) in [5.41, 5.74) is 5.17. The fraction of sp³-hybridized carbons (Fsp3) is 0.292. The summed E-state index contributed by atoms with van der Waals surface area (Å²) in [5, 5.41) is 0. The molecule has 1 heterocycles. The first-order valence-electron chi connectivity index (χ1n) is 9.57. The number of benzene rings is 2. The van der Waals surface area contributed by atoms with E-state index in [4.69, 9.17) is 0 Å². The first kappa shape index (κ1) is 19.5. The number of aromatic nitrogens is 2. The van der Waals surface area contributed by atoms with Crippen LogP contribution in [0.15, 0.2) is 83.8 Å². The van der Waals surface area contributed by atoms with E-state index < -0.39 is 0 Å². The number of hydrogen-bond acceptors (Lipinski definition) is 2. The average molecular weight is 377 g/mol. The normalized spacial score (nSPS) is 12.3. The van der Waals surface area contributed by atoms with Gasteiger partial charge in [-0.3, -0.25) is 0 Å². The van der Waals surface area contributed by atoms with Crippen LogP contribution in [0.25, 0.3) is 5.57 Å². The van der Waals surface area contributed by atoms with Gasteiger partial charge in [-0.2, -0.15) is 0 Å². The SMILES string of the molecule is CC(Cn1ccnc1)=C(c1ccccc1)c1ccc(SCCC(C)C)cc1. The van der Waals surface area contributed by atoms with Gasteiger partial charge >= 0.3 is 0 Å². The molecule has 0 bridgehead atoms. The zero-order valence-corrected chi connectivity index (χ0v) is 17.2. The fourth-order valence-electron chi connectivity index (χ4n) is 3.13. The molecule has 0 fully saturated rings. The lowest BCUT2D eigenvalue weighted by atomic mass is 9.93. The van der Waals surface area contributed by atoms with Crippen LogP contribution in [-0.4, -0.2) is 15.3 Å². The number of hydrogen-bond donors (Lipinski definition) is 0. The maximum Gasteiger partial charge on any atom is 0.0948 e. The number of rotatable bonds is 8. The molecular weight excluding hydrogens is 348 g/mol. The molecular formula is C24H28N2S. The van der Waals surface area contributed by atoms with Crippen molar-refractivity contribution in [2.24, 2.45) is 5.92 Å². The highest BCUT2D eigenvalue weighted by molar-refractivity contribution is 7.99. The van der Waals surface area contributed by atoms with Crippen molar-refractivity contribution in [2.45, 2.75) is 38.6 Å². The van der Waals surface area contributed by atoms with Gasteiger partial charge in [-0.05, 0) is 59.4 Å². The van der Waals surface area contributed by atoms with Crippen LogP contribution in [0.5, 0.6) is 0 Å². The Hall–Kier alpha value is -2.26. The summed E-state index contributed by atoms with van der Waals surface area (Å²) in [4.78, 5) is 5.52. The molecule has 0 saturated heterocycles. The summed E-state index contributed by atoms with van der Waals surface area (Å²) in [5.74, 6) is 1.94. The standard InChI is InChI=1S/C24H28N2S/c1-19(2)13-16-27-23-11-9-22(10-12-23)24(21-7-5-4-6-8-21)20(3)17-26-15-14-25-18-26/h4-12,14-15,18-19H,13,16-17H2,1-3H3. The van der Waals surface area contributed by atoms with E-state index in [1.165, 1.54) is 39.3 Å². The Morgan fingerprint density at radius 3 is 2.33 bits per heavy atom. The predicted octanol–water partition coefficient (Wildman–Crippen LogP) is 6.54. The summed E-state index contributed by atoms with van der Waals surface area (Å²) < 4.78 is 2.12. The van der Waals surface area contributed by atoms with Crippen molar-refractivity contribution in [3.63, 3.8) is 0 Å². The van der Waals surface area contributed by atoms with Gasteiger partial charge in [0, 0.05) is 23.8 Å². The minimum atomic E-state index is 0.759. The number of allylic oxidation sites excluding steroid dienone is 1. The van der Waals surface area contributed by atoms with E-state index >= 15 is 0 Å². The summed E-state index contributed by atoms with van der Waals surface area (Å²) >= 11 is 1.95. The molecule has 3 heteroatoms. The molecule has 2 aromatic carbocycles. The molecule has 0 amide bonds. The molecule has 1 aromatic heterocycles. The molecule has 0 saturated carbocycles. The van der Waals surface area contributed by atoms with Crippen molar-refractivity contribution in [3.05, 3.63) is 90.0 Å². The molecule has 0 atom stereocenters. The number of nitrogens with zero attached hydrogens (tertiary/aromatic N) is 2. The van der Waals surface area contributed by atoms with E-state index in [1.807, 2.05) is 30.5 Å². The monoisotopic (exact) mass is 376 g/mol. The molecule has 27 heavy (non-hydrogen) atoms. The Labute approximate surface area is 167 Å². The number of imidazole rings is 1. The van der Waals surface area contributed by atoms with Crippen LogP contribution in [-0.2, 0) is 6.54 Å². The van der Waals surface area contributed by atoms with Crippen molar-refractivity contribution in [1.82, 2.24) is 9.55 Å². The highest BCUT2D eigenvalue weighted by atomic mass is 32.2. The van der Waals surface area contributed by atoms with Crippen molar-refractivity contribution < 1.29 is 0 Å². The largest absolute Gasteiger partial charge is 0.333 e. The zero-order chi connectivity index (χ0) is 19.1. The smallest absolute Gasteiger partial charge is 0.0948 e. The highest BCUT2D eigenvalue weighted by Gasteiger charge is 2.10. The van der Waals surface area contributed by atoms with Crippen LogP contribution in [0, 0.1) is 5.92 Å². The van der Waals surface area contributed by atoms with Gasteiger partial charge in [0.25, 0.3) is 0 Å². The Balaban J connectivity index is 1.87. The molecule has 0 N–H and O–H groups in total. The molecule has 0 spiro atoms. The van der Waals surface area contributed by atoms with Crippen LogP contribution >= 0.6 is 11.8 Å². The summed E-state index contributed by atoms with van der Waals surface area (Å²) in [6.45, 7) is 7.62. The molecule has 3 rings (SSSR count). The topological polar surface area (TPSA) is 17.8 Å². The van der Waals surface area contributed by atoms with Crippen molar-refractivity contribution >= 4 is 17.3 Å². The first-order chi connectivity index (χ1) is 13.1. The quantitative estimate of drug-likeness (QED) is 0.415. The van der Waals surface area contributed by atoms with Crippen LogP contribution in [0.1, 0.15) is 38.3 Å². The van der Waals surface area contributed by atoms with Gasteiger partial charge in [0.1, 0.15) is 0 Å². The molecule has 0 unspecified atom stereocenters. The minimum absolute atomic E-state index is 0.759. The molecule has 2 nitrogen and oxygen atoms in total. The lowest BCUT2D eigenvalue weighted by molar-refractivity contribution is 0.632. The van der Waals surface area contributed by atoms with Gasteiger partial charge in [-0.1, -0.05) is 56.3 Å². The van der Waals surface area contributed by atoms with Gasteiger partial charge in [0.15, 0.2) is 0 Å². The second kappa shape index (κ2) is 9.61. The van der Waals surface area contributed by atoms with E-state index in [2.05, 4.69) is 84.9 Å². The maximum absolute atomic E-state index is 4.17. The summed E-state index contributed by atoms with van der Waals surface area (Å²) in [6.07, 6.45) is 6.98. The van der Waals surface area contributed by atoms with Gasteiger partial charge in [-0.15, -0.1) is 11.8 Å². The van der Waals surface area contributed by atoms with Crippen LogP contribution in [0.2, 0.25) is 0 Å². The Bertz CT molecular complexity index is 847. The molecule has 140 valence electrons. The van der Waals surface area contributed by atoms with Crippen LogP contribution in [0.3, 0.4) is 0 Å². The van der Waals surface area contributed by atoms with Gasteiger partial charge in [-0.25, -0.2) is 4.98 Å². The Morgan fingerprint density at radius 1 is 1.00 bits per heavy atom. The molecule has 0 aliphatic carbocycles. The van der Waals surface area contributed by atoms with E-state index in [0.717, 1.165) is 12.5 Å². The van der Waals surface area contributed by atoms with E-state index in [1.54, 1.807) is 0 Å².